The first-order valence-corrected chi connectivity index (χ1v) is 9.45. The molecule has 3 aromatic rings. The number of carbonyl (C=O) groups excluding carboxylic acids is 2. The van der Waals surface area contributed by atoms with Gasteiger partial charge in [-0.05, 0) is 49.2 Å². The Labute approximate surface area is 169 Å². The summed E-state index contributed by atoms with van der Waals surface area (Å²) in [6.07, 6.45) is 1.85. The normalized spacial score (nSPS) is 13.1. The van der Waals surface area contributed by atoms with Crippen molar-refractivity contribution >= 4 is 17.5 Å². The molecule has 3 rings (SSSR count). The Morgan fingerprint density at radius 2 is 1.72 bits per heavy atom. The molecule has 152 valence electrons. The minimum absolute atomic E-state index is 0.0976. The van der Waals surface area contributed by atoms with Gasteiger partial charge in [-0.2, -0.15) is 0 Å². The molecule has 0 aliphatic rings. The topological polar surface area (TPSA) is 97.6 Å². The lowest BCUT2D eigenvalue weighted by atomic mass is 10.0. The van der Waals surface area contributed by atoms with Crippen LogP contribution in [0, 0.1) is 5.92 Å². The maximum atomic E-state index is 12.9. The van der Waals surface area contributed by atoms with Crippen LogP contribution in [-0.2, 0) is 4.79 Å². The van der Waals surface area contributed by atoms with Gasteiger partial charge < -0.3 is 15.4 Å². The minimum atomic E-state index is -0.689. The summed E-state index contributed by atoms with van der Waals surface area (Å²) in [5.41, 5.74) is 1.16. The van der Waals surface area contributed by atoms with E-state index in [0.29, 0.717) is 22.8 Å². The van der Waals surface area contributed by atoms with Crippen LogP contribution in [-0.4, -0.2) is 39.6 Å². The van der Waals surface area contributed by atoms with Crippen LogP contribution < -0.4 is 15.4 Å². The third-order valence-electron chi connectivity index (χ3n) is 4.67. The first kappa shape index (κ1) is 20.3. The van der Waals surface area contributed by atoms with Crippen molar-refractivity contribution in [3.8, 4) is 5.75 Å². The molecule has 2 amide bonds. The fraction of sp³-hybridized carbons (Fsp3) is 0.333. The van der Waals surface area contributed by atoms with Crippen LogP contribution in [0.15, 0.2) is 48.7 Å². The lowest BCUT2D eigenvalue weighted by Gasteiger charge is -2.23. The number of fused-ring (bicyclic) bond motifs is 1. The minimum Gasteiger partial charge on any atom is -0.497 e. The zero-order valence-corrected chi connectivity index (χ0v) is 16.9. The highest BCUT2D eigenvalue weighted by atomic mass is 16.5. The quantitative estimate of drug-likeness (QED) is 0.640. The van der Waals surface area contributed by atoms with Gasteiger partial charge in [0.2, 0.25) is 5.91 Å². The maximum absolute atomic E-state index is 12.9. The summed E-state index contributed by atoms with van der Waals surface area (Å²) in [6, 6.07) is 11.3. The van der Waals surface area contributed by atoms with E-state index < -0.39 is 6.04 Å². The molecule has 0 saturated heterocycles. The first-order valence-electron chi connectivity index (χ1n) is 9.45. The Bertz CT molecular complexity index is 997. The van der Waals surface area contributed by atoms with E-state index in [9.17, 15) is 9.59 Å². The number of amides is 2. The maximum Gasteiger partial charge on any atom is 0.251 e. The second-order valence-electron chi connectivity index (χ2n) is 7.14. The number of benzene rings is 1. The van der Waals surface area contributed by atoms with Gasteiger partial charge in [-0.3, -0.25) is 14.0 Å². The van der Waals surface area contributed by atoms with Gasteiger partial charge in [-0.1, -0.05) is 19.9 Å². The average Bonchev–Trinajstić information content (AvgIpc) is 3.15. The lowest BCUT2D eigenvalue weighted by molar-refractivity contribution is -0.124. The van der Waals surface area contributed by atoms with Crippen LogP contribution >= 0.6 is 0 Å². The van der Waals surface area contributed by atoms with Crippen LogP contribution in [0.25, 0.3) is 5.65 Å². The van der Waals surface area contributed by atoms with Crippen molar-refractivity contribution in [2.24, 2.45) is 5.92 Å². The molecule has 2 aromatic heterocycles. The molecular formula is C21H25N5O3. The summed E-state index contributed by atoms with van der Waals surface area (Å²) in [7, 11) is 1.56. The van der Waals surface area contributed by atoms with Crippen LogP contribution in [0.5, 0.6) is 5.75 Å². The summed E-state index contributed by atoms with van der Waals surface area (Å²) in [5, 5.41) is 14.0. The van der Waals surface area contributed by atoms with Crippen molar-refractivity contribution < 1.29 is 14.3 Å². The molecule has 0 aliphatic carbocycles. The van der Waals surface area contributed by atoms with Crippen LogP contribution in [0.3, 0.4) is 0 Å². The second kappa shape index (κ2) is 8.72. The SMILES string of the molecule is COc1ccc(C(=O)NC(C(=O)NC(C)c2nnc3ccccn23)C(C)C)cc1. The zero-order valence-electron chi connectivity index (χ0n) is 16.9. The molecule has 0 spiro atoms. The summed E-state index contributed by atoms with van der Waals surface area (Å²) in [5.74, 6) is 0.593. The molecule has 2 N–H and O–H groups in total. The number of aromatic nitrogens is 3. The van der Waals surface area contributed by atoms with Gasteiger partial charge in [-0.15, -0.1) is 10.2 Å². The third kappa shape index (κ3) is 4.53. The Hall–Kier alpha value is -3.42. The fourth-order valence-electron chi connectivity index (χ4n) is 3.02. The highest BCUT2D eigenvalue weighted by Gasteiger charge is 2.27. The predicted octanol–water partition coefficient (Wildman–Crippen LogP) is 2.37. The van der Waals surface area contributed by atoms with E-state index in [1.165, 1.54) is 0 Å². The van der Waals surface area contributed by atoms with Crippen molar-refractivity contribution in [1.82, 2.24) is 25.2 Å². The van der Waals surface area contributed by atoms with Gasteiger partial charge in [0.05, 0.1) is 13.2 Å². The number of hydrogen-bond donors (Lipinski definition) is 2. The molecule has 29 heavy (non-hydrogen) atoms. The van der Waals surface area contributed by atoms with E-state index in [4.69, 9.17) is 4.74 Å². The number of nitrogens with one attached hydrogen (secondary N) is 2. The number of nitrogens with zero attached hydrogens (tertiary/aromatic N) is 3. The van der Waals surface area contributed by atoms with E-state index in [1.807, 2.05) is 49.6 Å². The van der Waals surface area contributed by atoms with Crippen molar-refractivity contribution in [2.75, 3.05) is 7.11 Å². The van der Waals surface area contributed by atoms with Gasteiger partial charge in [0.1, 0.15) is 11.8 Å². The number of carbonyl (C=O) groups is 2. The fourth-order valence-corrected chi connectivity index (χ4v) is 3.02. The Morgan fingerprint density at radius 1 is 1.00 bits per heavy atom. The van der Waals surface area contributed by atoms with E-state index in [-0.39, 0.29) is 23.8 Å². The Morgan fingerprint density at radius 3 is 2.38 bits per heavy atom. The summed E-state index contributed by atoms with van der Waals surface area (Å²) in [6.45, 7) is 5.61. The highest BCUT2D eigenvalue weighted by molar-refractivity contribution is 5.97. The summed E-state index contributed by atoms with van der Waals surface area (Å²) >= 11 is 0. The van der Waals surface area contributed by atoms with E-state index in [2.05, 4.69) is 20.8 Å². The molecule has 0 fully saturated rings. The van der Waals surface area contributed by atoms with Crippen LogP contribution in [0.2, 0.25) is 0 Å². The predicted molar refractivity (Wildman–Crippen MR) is 109 cm³/mol. The van der Waals surface area contributed by atoms with Crippen LogP contribution in [0.1, 0.15) is 43.0 Å². The molecule has 1 aromatic carbocycles. The number of rotatable bonds is 7. The molecule has 2 unspecified atom stereocenters. The van der Waals surface area contributed by atoms with Crippen molar-refractivity contribution in [3.63, 3.8) is 0 Å². The van der Waals surface area contributed by atoms with E-state index in [1.54, 1.807) is 31.4 Å². The largest absolute Gasteiger partial charge is 0.497 e. The smallest absolute Gasteiger partial charge is 0.251 e. The number of ether oxygens (including phenoxy) is 1. The molecule has 0 radical (unpaired) electrons. The standard InChI is InChI=1S/C21H25N5O3/c1-13(2)18(23-20(27)15-8-10-16(29-4)11-9-15)21(28)22-14(3)19-25-24-17-7-5-6-12-26(17)19/h5-14,18H,1-4H3,(H,22,28)(H,23,27). The summed E-state index contributed by atoms with van der Waals surface area (Å²) < 4.78 is 6.93. The lowest BCUT2D eigenvalue weighted by Crippen LogP contribution is -2.50. The van der Waals surface area contributed by atoms with Crippen molar-refractivity contribution in [3.05, 3.63) is 60.0 Å². The van der Waals surface area contributed by atoms with E-state index >= 15 is 0 Å². The highest BCUT2D eigenvalue weighted by Crippen LogP contribution is 2.14. The number of methoxy groups -OCH3 is 1. The zero-order chi connectivity index (χ0) is 21.0. The molecule has 0 aliphatic heterocycles. The number of hydrogen-bond acceptors (Lipinski definition) is 5. The molecule has 0 bridgehead atoms. The molecule has 0 saturated carbocycles. The van der Waals surface area contributed by atoms with Gasteiger partial charge in [0.25, 0.3) is 5.91 Å². The van der Waals surface area contributed by atoms with Gasteiger partial charge in [0, 0.05) is 11.8 Å². The first-order chi connectivity index (χ1) is 13.9. The van der Waals surface area contributed by atoms with E-state index in [0.717, 1.165) is 0 Å². The molecule has 2 atom stereocenters. The Balaban J connectivity index is 1.71. The third-order valence-corrected chi connectivity index (χ3v) is 4.67. The van der Waals surface area contributed by atoms with Crippen molar-refractivity contribution in [1.29, 1.82) is 0 Å². The summed E-state index contributed by atoms with van der Waals surface area (Å²) in [4.78, 5) is 25.5. The molecule has 2 heterocycles. The molecule has 8 heteroatoms. The number of pyridine rings is 1. The molecular weight excluding hydrogens is 370 g/mol. The Kier molecular flexibility index (Phi) is 6.11. The average molecular weight is 395 g/mol. The van der Waals surface area contributed by atoms with Gasteiger partial charge in [0.15, 0.2) is 11.5 Å². The molecule has 8 nitrogen and oxygen atoms in total. The van der Waals surface area contributed by atoms with Crippen molar-refractivity contribution in [2.45, 2.75) is 32.9 Å². The monoisotopic (exact) mass is 395 g/mol. The van der Waals surface area contributed by atoms with Crippen LogP contribution in [0.4, 0.5) is 0 Å². The second-order valence-corrected chi connectivity index (χ2v) is 7.14. The van der Waals surface area contributed by atoms with Gasteiger partial charge in [-0.25, -0.2) is 0 Å². The van der Waals surface area contributed by atoms with Gasteiger partial charge >= 0.3 is 0 Å².